The molecule has 2 atom stereocenters. The highest BCUT2D eigenvalue weighted by Gasteiger charge is 2.26. The molecule has 0 bridgehead atoms. The van der Waals surface area contributed by atoms with Gasteiger partial charge >= 0.3 is 0 Å². The fourth-order valence-electron chi connectivity index (χ4n) is 2.56. The maximum absolute atomic E-state index is 10.5. The van der Waals surface area contributed by atoms with Crippen LogP contribution in [0.25, 0.3) is 0 Å². The zero-order chi connectivity index (χ0) is 16.0. The largest absolute Gasteiger partial charge is 0.466 e. The summed E-state index contributed by atoms with van der Waals surface area (Å²) >= 11 is 0. The molecule has 0 radical (unpaired) electrons. The molecule has 1 aliphatic heterocycles. The second-order valence-electron chi connectivity index (χ2n) is 6.03. The molecule has 6 heteroatoms. The molecule has 2 unspecified atom stereocenters. The van der Waals surface area contributed by atoms with Crippen molar-refractivity contribution in [3.8, 4) is 0 Å². The van der Waals surface area contributed by atoms with Gasteiger partial charge in [-0.2, -0.15) is 0 Å². The summed E-state index contributed by atoms with van der Waals surface area (Å²) in [6, 6.07) is 3.53. The molecule has 1 aromatic heterocycles. The van der Waals surface area contributed by atoms with Crippen LogP contribution in [0.1, 0.15) is 26.0 Å². The molecule has 2 N–H and O–H groups in total. The summed E-state index contributed by atoms with van der Waals surface area (Å²) in [5.74, 6) is 1.86. The Bertz CT molecular complexity index is 465. The van der Waals surface area contributed by atoms with Crippen LogP contribution >= 0.6 is 0 Å². The first-order valence-electron chi connectivity index (χ1n) is 7.86. The monoisotopic (exact) mass is 309 g/mol. The van der Waals surface area contributed by atoms with E-state index in [0.29, 0.717) is 11.7 Å². The smallest absolute Gasteiger partial charge is 0.193 e. The van der Waals surface area contributed by atoms with Crippen molar-refractivity contribution in [2.24, 2.45) is 10.9 Å². The van der Waals surface area contributed by atoms with Crippen LogP contribution in [0.5, 0.6) is 0 Å². The van der Waals surface area contributed by atoms with Crippen molar-refractivity contribution < 1.29 is 14.3 Å². The lowest BCUT2D eigenvalue weighted by molar-refractivity contribution is 0.0434. The topological polar surface area (TPSA) is 70.2 Å². The number of rotatable bonds is 6. The van der Waals surface area contributed by atoms with Gasteiger partial charge in [0.05, 0.1) is 19.4 Å². The minimum atomic E-state index is -1.11. The van der Waals surface area contributed by atoms with Crippen molar-refractivity contribution in [3.05, 3.63) is 24.2 Å². The van der Waals surface area contributed by atoms with E-state index in [1.54, 1.807) is 25.3 Å². The van der Waals surface area contributed by atoms with Crippen molar-refractivity contribution in [1.29, 1.82) is 0 Å². The van der Waals surface area contributed by atoms with E-state index in [1.807, 2.05) is 14.0 Å². The van der Waals surface area contributed by atoms with Gasteiger partial charge in [0.2, 0.25) is 0 Å². The Morgan fingerprint density at radius 2 is 2.41 bits per heavy atom. The van der Waals surface area contributed by atoms with Gasteiger partial charge in [0.15, 0.2) is 5.96 Å². The molecule has 1 aliphatic rings. The number of aliphatic hydroxyl groups is 1. The van der Waals surface area contributed by atoms with Gasteiger partial charge in [-0.05, 0) is 32.4 Å². The van der Waals surface area contributed by atoms with Crippen molar-refractivity contribution >= 4 is 5.96 Å². The number of hydrogen-bond donors (Lipinski definition) is 2. The normalized spacial score (nSPS) is 21.6. The fourth-order valence-corrected chi connectivity index (χ4v) is 2.56. The summed E-state index contributed by atoms with van der Waals surface area (Å²) < 4.78 is 10.7. The summed E-state index contributed by atoms with van der Waals surface area (Å²) in [6.07, 6.45) is 2.65. The van der Waals surface area contributed by atoms with E-state index < -0.39 is 5.60 Å². The first kappa shape index (κ1) is 16.8. The number of guanidine groups is 1. The van der Waals surface area contributed by atoms with Crippen LogP contribution < -0.4 is 5.32 Å². The molecule has 0 aromatic carbocycles. The predicted molar refractivity (Wildman–Crippen MR) is 85.8 cm³/mol. The van der Waals surface area contributed by atoms with Gasteiger partial charge in [-0.1, -0.05) is 0 Å². The molecule has 6 nitrogen and oxygen atoms in total. The molecule has 1 saturated heterocycles. The van der Waals surface area contributed by atoms with Gasteiger partial charge in [0, 0.05) is 32.7 Å². The van der Waals surface area contributed by atoms with Gasteiger partial charge in [0.1, 0.15) is 11.4 Å². The minimum Gasteiger partial charge on any atom is -0.466 e. The Labute approximate surface area is 132 Å². The van der Waals surface area contributed by atoms with Crippen LogP contribution in [0.3, 0.4) is 0 Å². The third-order valence-corrected chi connectivity index (χ3v) is 3.84. The second kappa shape index (κ2) is 7.65. The first-order valence-corrected chi connectivity index (χ1v) is 7.86. The average Bonchev–Trinajstić information content (AvgIpc) is 3.16. The Morgan fingerprint density at radius 3 is 3.00 bits per heavy atom. The number of nitrogens with zero attached hydrogens (tertiary/aromatic N) is 2. The number of furan rings is 1. The molecule has 0 amide bonds. The minimum absolute atomic E-state index is 0.244. The van der Waals surface area contributed by atoms with Gasteiger partial charge in [-0.3, -0.25) is 0 Å². The van der Waals surface area contributed by atoms with Crippen LogP contribution in [0, 0.1) is 5.92 Å². The highest BCUT2D eigenvalue weighted by molar-refractivity contribution is 5.79. The van der Waals surface area contributed by atoms with E-state index in [4.69, 9.17) is 9.15 Å². The predicted octanol–water partition coefficient (Wildman–Crippen LogP) is 1.42. The summed E-state index contributed by atoms with van der Waals surface area (Å²) in [5, 5.41) is 13.8. The first-order chi connectivity index (χ1) is 10.5. The molecular formula is C16H27N3O3. The molecule has 0 saturated carbocycles. The number of hydrogen-bond acceptors (Lipinski definition) is 4. The van der Waals surface area contributed by atoms with Crippen LogP contribution in [-0.4, -0.2) is 55.9 Å². The van der Waals surface area contributed by atoms with E-state index in [0.717, 1.165) is 38.7 Å². The van der Waals surface area contributed by atoms with E-state index in [2.05, 4.69) is 15.2 Å². The summed E-state index contributed by atoms with van der Waals surface area (Å²) in [4.78, 5) is 6.66. The molecule has 124 valence electrons. The lowest BCUT2D eigenvalue weighted by atomic mass is 10.0. The second-order valence-corrected chi connectivity index (χ2v) is 6.03. The molecule has 22 heavy (non-hydrogen) atoms. The maximum Gasteiger partial charge on any atom is 0.193 e. The Kier molecular flexibility index (Phi) is 5.85. The van der Waals surface area contributed by atoms with E-state index in [1.165, 1.54) is 0 Å². The molecule has 1 fully saturated rings. The average molecular weight is 309 g/mol. The Morgan fingerprint density at radius 1 is 1.59 bits per heavy atom. The molecule has 1 aromatic rings. The van der Waals surface area contributed by atoms with Crippen molar-refractivity contribution in [2.45, 2.75) is 25.9 Å². The zero-order valence-electron chi connectivity index (χ0n) is 13.7. The third kappa shape index (κ3) is 4.48. The standard InChI is InChI=1S/C16H27N3O3/c1-4-17-15(19(3)10-13-7-9-21-11-13)18-12-16(2,20)14-6-5-8-22-14/h5-6,8,13,20H,4,7,9-12H2,1-3H3,(H,17,18). The lowest BCUT2D eigenvalue weighted by Crippen LogP contribution is -2.42. The zero-order valence-corrected chi connectivity index (χ0v) is 13.7. The number of ether oxygens (including phenoxy) is 1. The van der Waals surface area contributed by atoms with Gasteiger partial charge in [-0.25, -0.2) is 4.99 Å². The van der Waals surface area contributed by atoms with Gasteiger partial charge in [0.25, 0.3) is 0 Å². The van der Waals surface area contributed by atoms with Crippen molar-refractivity contribution in [2.75, 3.05) is 39.9 Å². The molecule has 2 rings (SSSR count). The summed E-state index contributed by atoms with van der Waals surface area (Å²) in [6.45, 7) is 7.33. The molecule has 0 aliphatic carbocycles. The SMILES string of the molecule is CCNC(=NCC(C)(O)c1ccco1)N(C)CC1CCOC1. The van der Waals surface area contributed by atoms with Gasteiger partial charge in [-0.15, -0.1) is 0 Å². The van der Waals surface area contributed by atoms with Crippen molar-refractivity contribution in [3.63, 3.8) is 0 Å². The van der Waals surface area contributed by atoms with E-state index >= 15 is 0 Å². The van der Waals surface area contributed by atoms with Crippen LogP contribution in [0.15, 0.2) is 27.8 Å². The highest BCUT2D eigenvalue weighted by Crippen LogP contribution is 2.21. The van der Waals surface area contributed by atoms with Crippen molar-refractivity contribution in [1.82, 2.24) is 10.2 Å². The van der Waals surface area contributed by atoms with Crippen LogP contribution in [0.4, 0.5) is 0 Å². The number of nitrogens with one attached hydrogen (secondary N) is 1. The molecule has 2 heterocycles. The van der Waals surface area contributed by atoms with Crippen LogP contribution in [0.2, 0.25) is 0 Å². The van der Waals surface area contributed by atoms with E-state index in [-0.39, 0.29) is 6.54 Å². The summed E-state index contributed by atoms with van der Waals surface area (Å²) in [5.41, 5.74) is -1.11. The molecule has 0 spiro atoms. The van der Waals surface area contributed by atoms with E-state index in [9.17, 15) is 5.11 Å². The highest BCUT2D eigenvalue weighted by atomic mass is 16.5. The Hall–Kier alpha value is -1.53. The quantitative estimate of drug-likeness (QED) is 0.614. The number of aliphatic imine (C=N–C) groups is 1. The molecular weight excluding hydrogens is 282 g/mol. The summed E-state index contributed by atoms with van der Waals surface area (Å²) in [7, 11) is 2.02. The maximum atomic E-state index is 10.5. The lowest BCUT2D eigenvalue weighted by Gasteiger charge is -2.26. The fraction of sp³-hybridized carbons (Fsp3) is 0.688. The van der Waals surface area contributed by atoms with Crippen LogP contribution in [-0.2, 0) is 10.3 Å². The van der Waals surface area contributed by atoms with Gasteiger partial charge < -0.3 is 24.5 Å². The Balaban J connectivity index is 1.99. The third-order valence-electron chi connectivity index (χ3n) is 3.84.